The molecular weight excluding hydrogens is 1180 g/mol. The average Bonchev–Trinajstić information content (AvgIpc) is 1.56. The third kappa shape index (κ3) is 76.6. The molecular formula is C84H143NO8P+. The van der Waals surface area contributed by atoms with E-state index in [9.17, 15) is 19.0 Å². The summed E-state index contributed by atoms with van der Waals surface area (Å²) in [5.41, 5.74) is 0. The summed E-state index contributed by atoms with van der Waals surface area (Å²) in [4.78, 5) is 36.0. The highest BCUT2D eigenvalue weighted by atomic mass is 31.2. The van der Waals surface area contributed by atoms with Crippen LogP contribution in [0.3, 0.4) is 0 Å². The first-order valence-corrected chi connectivity index (χ1v) is 39.7. The highest BCUT2D eigenvalue weighted by molar-refractivity contribution is 7.47. The molecule has 0 saturated carbocycles. The molecule has 0 aliphatic rings. The number of nitrogens with zero attached hydrogens (tertiary/aromatic N) is 1. The number of carbonyl (C=O) groups excluding carboxylic acids is 2. The molecule has 0 aromatic carbocycles. The van der Waals surface area contributed by atoms with E-state index < -0.39 is 26.5 Å². The monoisotopic (exact) mass is 1330 g/mol. The normalized spacial score (nSPS) is 14.0. The second-order valence-corrected chi connectivity index (χ2v) is 27.7. The van der Waals surface area contributed by atoms with Crippen molar-refractivity contribution in [1.29, 1.82) is 0 Å². The molecule has 2 unspecified atom stereocenters. The summed E-state index contributed by atoms with van der Waals surface area (Å²) in [6, 6.07) is 0. The zero-order valence-electron chi connectivity index (χ0n) is 61.1. The topological polar surface area (TPSA) is 108 Å². The van der Waals surface area contributed by atoms with Crippen LogP contribution in [0, 0.1) is 0 Å². The number of likely N-dealkylation sites (N-methyl/N-ethyl adjacent to an activating group) is 1. The number of allylic oxidation sites excluding steroid dienone is 26. The van der Waals surface area contributed by atoms with Crippen molar-refractivity contribution in [3.63, 3.8) is 0 Å². The maximum Gasteiger partial charge on any atom is 0.472 e. The summed E-state index contributed by atoms with van der Waals surface area (Å²) in [6.07, 6.45) is 109. The number of esters is 2. The summed E-state index contributed by atoms with van der Waals surface area (Å²) >= 11 is 0. The Hall–Kier alpha value is -4.37. The third-order valence-corrected chi connectivity index (χ3v) is 17.0. The van der Waals surface area contributed by atoms with E-state index in [4.69, 9.17) is 18.5 Å². The first-order chi connectivity index (χ1) is 46.0. The maximum absolute atomic E-state index is 12.9. The van der Waals surface area contributed by atoms with Crippen LogP contribution in [0.5, 0.6) is 0 Å². The minimum Gasteiger partial charge on any atom is -0.462 e. The number of quaternary nitrogens is 1. The van der Waals surface area contributed by atoms with Gasteiger partial charge in [-0.15, -0.1) is 0 Å². The molecule has 0 aromatic rings. The molecule has 10 heteroatoms. The molecule has 9 nitrogen and oxygen atoms in total. The van der Waals surface area contributed by atoms with Crippen LogP contribution < -0.4 is 0 Å². The van der Waals surface area contributed by atoms with Crippen molar-refractivity contribution in [3.8, 4) is 0 Å². The number of hydrogen-bond acceptors (Lipinski definition) is 7. The van der Waals surface area contributed by atoms with Crippen molar-refractivity contribution >= 4 is 19.8 Å². The lowest BCUT2D eigenvalue weighted by molar-refractivity contribution is -0.870. The Morgan fingerprint density at radius 2 is 0.574 bits per heavy atom. The van der Waals surface area contributed by atoms with Gasteiger partial charge in [0, 0.05) is 12.8 Å². The maximum atomic E-state index is 12.9. The van der Waals surface area contributed by atoms with Crippen molar-refractivity contribution in [2.75, 3.05) is 47.5 Å². The molecule has 1 N–H and O–H groups in total. The van der Waals surface area contributed by atoms with Crippen molar-refractivity contribution in [3.05, 3.63) is 158 Å². The number of carbonyl (C=O) groups is 2. The van der Waals surface area contributed by atoms with Crippen LogP contribution in [0.2, 0.25) is 0 Å². The van der Waals surface area contributed by atoms with Gasteiger partial charge in [0.25, 0.3) is 0 Å². The summed E-state index contributed by atoms with van der Waals surface area (Å²) in [6.45, 7) is 4.22. The zero-order chi connectivity index (χ0) is 68.3. The van der Waals surface area contributed by atoms with Gasteiger partial charge in [0.2, 0.25) is 0 Å². The molecule has 0 fully saturated rings. The highest BCUT2D eigenvalue weighted by Gasteiger charge is 2.27. The number of ether oxygens (including phenoxy) is 2. The molecule has 536 valence electrons. The lowest BCUT2D eigenvalue weighted by Crippen LogP contribution is -2.37. The first kappa shape index (κ1) is 89.6. The molecule has 0 amide bonds. The Morgan fingerprint density at radius 1 is 0.330 bits per heavy atom. The van der Waals surface area contributed by atoms with E-state index in [0.29, 0.717) is 17.4 Å². The van der Waals surface area contributed by atoms with Crippen LogP contribution in [-0.4, -0.2) is 74.9 Å². The largest absolute Gasteiger partial charge is 0.472 e. The van der Waals surface area contributed by atoms with E-state index in [-0.39, 0.29) is 32.0 Å². The van der Waals surface area contributed by atoms with Crippen LogP contribution in [0.1, 0.15) is 309 Å². The molecule has 0 rings (SSSR count). The van der Waals surface area contributed by atoms with Crippen LogP contribution in [0.15, 0.2) is 158 Å². The predicted octanol–water partition coefficient (Wildman–Crippen LogP) is 25.5. The molecule has 0 spiro atoms. The number of rotatable bonds is 69. The third-order valence-electron chi connectivity index (χ3n) is 16.1. The van der Waals surface area contributed by atoms with E-state index in [2.05, 4.69) is 172 Å². The molecule has 0 heterocycles. The lowest BCUT2D eigenvalue weighted by Gasteiger charge is -2.24. The van der Waals surface area contributed by atoms with Crippen LogP contribution >= 0.6 is 7.82 Å². The molecule has 0 aliphatic heterocycles. The summed E-state index contributed by atoms with van der Waals surface area (Å²) in [5.74, 6) is -0.799. The number of phosphoric ester groups is 1. The molecule has 94 heavy (non-hydrogen) atoms. The van der Waals surface area contributed by atoms with Gasteiger partial charge in [-0.2, -0.15) is 0 Å². The van der Waals surface area contributed by atoms with E-state index in [0.717, 1.165) is 128 Å². The van der Waals surface area contributed by atoms with Crippen LogP contribution in [-0.2, 0) is 32.7 Å². The molecule has 0 aliphatic carbocycles. The fourth-order valence-electron chi connectivity index (χ4n) is 10.3. The number of unbranched alkanes of at least 4 members (excludes halogenated alkanes) is 29. The van der Waals surface area contributed by atoms with Gasteiger partial charge >= 0.3 is 19.8 Å². The molecule has 0 aromatic heterocycles. The van der Waals surface area contributed by atoms with Crippen molar-refractivity contribution in [2.24, 2.45) is 0 Å². The van der Waals surface area contributed by atoms with Crippen LogP contribution in [0.25, 0.3) is 0 Å². The highest BCUT2D eigenvalue weighted by Crippen LogP contribution is 2.43. The summed E-state index contributed by atoms with van der Waals surface area (Å²) < 4.78 is 34.8. The van der Waals surface area contributed by atoms with E-state index in [1.54, 1.807) is 0 Å². The minimum absolute atomic E-state index is 0.0256. The predicted molar refractivity (Wildman–Crippen MR) is 408 cm³/mol. The quantitative estimate of drug-likeness (QED) is 0.0211. The van der Waals surface area contributed by atoms with Gasteiger partial charge in [-0.05, 0) is 122 Å². The molecule has 0 bridgehead atoms. The first-order valence-electron chi connectivity index (χ1n) is 38.2. The molecule has 0 saturated heterocycles. The minimum atomic E-state index is -4.40. The Morgan fingerprint density at radius 3 is 0.851 bits per heavy atom. The van der Waals surface area contributed by atoms with E-state index in [1.807, 2.05) is 21.1 Å². The lowest BCUT2D eigenvalue weighted by atomic mass is 10.0. The van der Waals surface area contributed by atoms with Gasteiger partial charge < -0.3 is 18.9 Å². The van der Waals surface area contributed by atoms with Gasteiger partial charge in [0.05, 0.1) is 27.7 Å². The standard InChI is InChI=1S/C84H142NO8P/c1-6-8-10-12-14-16-18-20-22-24-26-28-30-32-34-36-38-39-40-41-42-43-44-45-47-49-51-53-55-57-59-61-63-65-67-69-71-73-75-77-84(87)93-82(81-92-94(88,89)91-79-78-85(3,4)5)80-90-83(86)76-74-72-70-68-66-64-62-60-58-56-54-52-50-48-46-37-35-33-31-29-27-25-23-21-19-17-15-13-11-9-7-2/h8-11,14-17,20-23,26-29,32,34,38-39,41-42,44-45,49,51,82H,6-7,12-13,18-19,24-25,30-31,33,35-37,40,43,46-48,50,52-81H2,1-5H3/p+1/b10-8-,11-9-,16-14-,17-15-,22-20-,23-21-,28-26-,29-27-,34-32-,39-38-,42-41-,45-44-,51-49-. The van der Waals surface area contributed by atoms with Crippen molar-refractivity contribution < 1.29 is 42.1 Å². The fourth-order valence-corrected chi connectivity index (χ4v) is 11.0. The fraction of sp³-hybridized carbons (Fsp3) is 0.667. The van der Waals surface area contributed by atoms with Gasteiger partial charge in [-0.25, -0.2) is 4.57 Å². The Bertz CT molecular complexity index is 2150. The number of hydrogen-bond donors (Lipinski definition) is 1. The SMILES string of the molecule is CC/C=C\C/C=C\C/C=C\C/C=C\C/C=C\C/C=C\C/C=C\C/C=C\C/C=C\CCCCCCCCCCCCCC(=O)OC(COC(=O)CCCCCCCCCCCCCCCCCCCC/C=C\C/C=C\C/C=C\C/C=C\CC)COP(=O)(O)OCC[N+](C)(C)C. The zero-order valence-corrected chi connectivity index (χ0v) is 62.0. The van der Waals surface area contributed by atoms with Crippen LogP contribution in [0.4, 0.5) is 0 Å². The summed E-state index contributed by atoms with van der Waals surface area (Å²) in [7, 11) is 1.47. The Labute approximate surface area is 579 Å². The van der Waals surface area contributed by atoms with Crippen molar-refractivity contribution in [2.45, 2.75) is 315 Å². The number of phosphoric acid groups is 1. The van der Waals surface area contributed by atoms with E-state index in [1.165, 1.54) is 148 Å². The van der Waals surface area contributed by atoms with Gasteiger partial charge in [-0.3, -0.25) is 18.6 Å². The summed E-state index contributed by atoms with van der Waals surface area (Å²) in [5, 5.41) is 0. The molecule has 0 radical (unpaired) electrons. The molecule has 2 atom stereocenters. The Kier molecular flexibility index (Phi) is 69.5. The smallest absolute Gasteiger partial charge is 0.462 e. The van der Waals surface area contributed by atoms with Gasteiger partial charge in [-0.1, -0.05) is 332 Å². The van der Waals surface area contributed by atoms with Gasteiger partial charge in [0.1, 0.15) is 19.8 Å². The average molecular weight is 1330 g/mol. The van der Waals surface area contributed by atoms with Gasteiger partial charge in [0.15, 0.2) is 6.10 Å². The second-order valence-electron chi connectivity index (χ2n) is 26.3. The second kappa shape index (κ2) is 72.9. The van der Waals surface area contributed by atoms with Crippen molar-refractivity contribution in [1.82, 2.24) is 0 Å². The van der Waals surface area contributed by atoms with E-state index >= 15 is 0 Å². The Balaban J connectivity index is 4.04.